The molecule has 1 heteroatoms. The Balaban J connectivity index is 2.26. The van der Waals surface area contributed by atoms with Crippen LogP contribution >= 0.6 is 15.9 Å². The Morgan fingerprint density at radius 3 is 2.52 bits per heavy atom. The topological polar surface area (TPSA) is 0 Å². The lowest BCUT2D eigenvalue weighted by Gasteiger charge is -2.11. The van der Waals surface area contributed by atoms with Crippen molar-refractivity contribution in [2.24, 2.45) is 0 Å². The van der Waals surface area contributed by atoms with E-state index in [4.69, 9.17) is 0 Å². The van der Waals surface area contributed by atoms with E-state index in [1.807, 2.05) is 6.08 Å². The van der Waals surface area contributed by atoms with Gasteiger partial charge in [-0.1, -0.05) is 84.0 Å². The lowest BCUT2D eigenvalue weighted by atomic mass is 9.94. The molecule has 0 unspecified atom stereocenters. The molecule has 0 aliphatic carbocycles. The number of rotatable bonds is 3. The molecule has 0 N–H and O–H groups in total. The molecule has 0 amide bonds. The Morgan fingerprint density at radius 2 is 1.76 bits per heavy atom. The van der Waals surface area contributed by atoms with Crippen LogP contribution in [0.2, 0.25) is 0 Å². The molecular formula is C20H17Br. The first kappa shape index (κ1) is 14.1. The van der Waals surface area contributed by atoms with Gasteiger partial charge < -0.3 is 0 Å². The standard InChI is InChI=1S/C20H17Br/c1-3-14-11-12-16(13-15(14)4-2)17-7-5-9-19-18(17)8-6-10-20(19)21/h3,5-13H,1,4H2,2H3. The molecule has 0 fully saturated rings. The van der Waals surface area contributed by atoms with Gasteiger partial charge in [0.25, 0.3) is 0 Å². The molecule has 0 bridgehead atoms. The van der Waals surface area contributed by atoms with Gasteiger partial charge in [-0.05, 0) is 45.5 Å². The monoisotopic (exact) mass is 336 g/mol. The quantitative estimate of drug-likeness (QED) is 0.513. The maximum atomic E-state index is 3.90. The summed E-state index contributed by atoms with van der Waals surface area (Å²) >= 11 is 3.64. The van der Waals surface area contributed by atoms with Crippen molar-refractivity contribution in [3.8, 4) is 11.1 Å². The third kappa shape index (κ3) is 2.54. The van der Waals surface area contributed by atoms with Crippen molar-refractivity contribution in [1.82, 2.24) is 0 Å². The fraction of sp³-hybridized carbons (Fsp3) is 0.100. The van der Waals surface area contributed by atoms with Crippen LogP contribution in [0.25, 0.3) is 28.0 Å². The number of hydrogen-bond donors (Lipinski definition) is 0. The molecule has 3 aromatic carbocycles. The highest BCUT2D eigenvalue weighted by atomic mass is 79.9. The maximum absolute atomic E-state index is 3.90. The van der Waals surface area contributed by atoms with E-state index in [-0.39, 0.29) is 0 Å². The van der Waals surface area contributed by atoms with Gasteiger partial charge in [0.05, 0.1) is 0 Å². The highest BCUT2D eigenvalue weighted by molar-refractivity contribution is 9.10. The van der Waals surface area contributed by atoms with Gasteiger partial charge in [-0.3, -0.25) is 0 Å². The SMILES string of the molecule is C=Cc1ccc(-c2cccc3c(Br)cccc23)cc1CC. The number of halogens is 1. The normalized spacial score (nSPS) is 10.8. The molecule has 0 aliphatic heterocycles. The molecule has 21 heavy (non-hydrogen) atoms. The minimum atomic E-state index is 1.02. The fourth-order valence-corrected chi connectivity index (χ4v) is 3.30. The van der Waals surface area contributed by atoms with Crippen molar-refractivity contribution < 1.29 is 0 Å². The van der Waals surface area contributed by atoms with Crippen molar-refractivity contribution in [3.05, 3.63) is 76.8 Å². The van der Waals surface area contributed by atoms with E-state index in [0.717, 1.165) is 10.9 Å². The zero-order valence-corrected chi connectivity index (χ0v) is 13.7. The molecule has 3 rings (SSSR count). The van der Waals surface area contributed by atoms with Gasteiger partial charge >= 0.3 is 0 Å². The van der Waals surface area contributed by atoms with Gasteiger partial charge in [0.2, 0.25) is 0 Å². The molecule has 0 spiro atoms. The summed E-state index contributed by atoms with van der Waals surface area (Å²) < 4.78 is 1.14. The van der Waals surface area contributed by atoms with Gasteiger partial charge in [0, 0.05) is 4.47 Å². The van der Waals surface area contributed by atoms with E-state index in [1.165, 1.54) is 33.0 Å². The summed E-state index contributed by atoms with van der Waals surface area (Å²) in [5.74, 6) is 0. The summed E-state index contributed by atoms with van der Waals surface area (Å²) in [6.45, 7) is 6.08. The summed E-state index contributed by atoms with van der Waals surface area (Å²) in [7, 11) is 0. The van der Waals surface area contributed by atoms with E-state index in [9.17, 15) is 0 Å². The van der Waals surface area contributed by atoms with E-state index in [1.54, 1.807) is 0 Å². The largest absolute Gasteiger partial charge is 0.0985 e. The molecule has 0 radical (unpaired) electrons. The molecule has 0 nitrogen and oxygen atoms in total. The van der Waals surface area contributed by atoms with Gasteiger partial charge in [-0.2, -0.15) is 0 Å². The van der Waals surface area contributed by atoms with E-state index >= 15 is 0 Å². The van der Waals surface area contributed by atoms with Gasteiger partial charge in [0.15, 0.2) is 0 Å². The van der Waals surface area contributed by atoms with E-state index < -0.39 is 0 Å². The van der Waals surface area contributed by atoms with Gasteiger partial charge in [-0.15, -0.1) is 0 Å². The van der Waals surface area contributed by atoms with E-state index in [2.05, 4.69) is 84.0 Å². The summed E-state index contributed by atoms with van der Waals surface area (Å²) in [5.41, 5.74) is 5.11. The summed E-state index contributed by atoms with van der Waals surface area (Å²) in [4.78, 5) is 0. The first-order valence-corrected chi connectivity index (χ1v) is 7.97. The van der Waals surface area contributed by atoms with Crippen LogP contribution in [0, 0.1) is 0 Å². The molecule has 0 aromatic heterocycles. The van der Waals surface area contributed by atoms with Crippen LogP contribution in [0.1, 0.15) is 18.1 Å². The molecule has 104 valence electrons. The Kier molecular flexibility index (Phi) is 3.94. The summed E-state index contributed by atoms with van der Waals surface area (Å²) in [6.07, 6.45) is 2.95. The molecule has 0 saturated heterocycles. The Bertz CT molecular complexity index is 815. The van der Waals surface area contributed by atoms with Crippen molar-refractivity contribution in [2.75, 3.05) is 0 Å². The van der Waals surface area contributed by atoms with Crippen LogP contribution in [0.4, 0.5) is 0 Å². The van der Waals surface area contributed by atoms with Crippen molar-refractivity contribution in [1.29, 1.82) is 0 Å². The van der Waals surface area contributed by atoms with Crippen LogP contribution in [-0.2, 0) is 6.42 Å². The average molecular weight is 337 g/mol. The molecule has 3 aromatic rings. The third-order valence-electron chi connectivity index (χ3n) is 3.92. The maximum Gasteiger partial charge on any atom is 0.0253 e. The third-order valence-corrected chi connectivity index (χ3v) is 4.62. The van der Waals surface area contributed by atoms with Crippen LogP contribution in [0.5, 0.6) is 0 Å². The predicted octanol–water partition coefficient (Wildman–Crippen LogP) is 6.47. The van der Waals surface area contributed by atoms with Crippen LogP contribution in [0.3, 0.4) is 0 Å². The van der Waals surface area contributed by atoms with Gasteiger partial charge in [-0.25, -0.2) is 0 Å². The highest BCUT2D eigenvalue weighted by Crippen LogP contribution is 2.33. The van der Waals surface area contributed by atoms with Crippen LogP contribution < -0.4 is 0 Å². The minimum Gasteiger partial charge on any atom is -0.0985 e. The molecular weight excluding hydrogens is 320 g/mol. The Hall–Kier alpha value is -1.86. The molecule has 0 atom stereocenters. The lowest BCUT2D eigenvalue weighted by molar-refractivity contribution is 1.13. The zero-order valence-electron chi connectivity index (χ0n) is 12.1. The van der Waals surface area contributed by atoms with Crippen molar-refractivity contribution in [3.63, 3.8) is 0 Å². The molecule has 0 aliphatic rings. The fourth-order valence-electron chi connectivity index (χ4n) is 2.80. The lowest BCUT2D eigenvalue weighted by Crippen LogP contribution is -1.89. The summed E-state index contributed by atoms with van der Waals surface area (Å²) in [6, 6.07) is 19.5. The minimum absolute atomic E-state index is 1.02. The molecule has 0 saturated carbocycles. The number of aryl methyl sites for hydroxylation is 1. The second-order valence-corrected chi connectivity index (χ2v) is 5.97. The number of hydrogen-bond acceptors (Lipinski definition) is 0. The van der Waals surface area contributed by atoms with Crippen LogP contribution in [0.15, 0.2) is 65.6 Å². The Morgan fingerprint density at radius 1 is 1.00 bits per heavy atom. The van der Waals surface area contributed by atoms with Gasteiger partial charge in [0.1, 0.15) is 0 Å². The average Bonchev–Trinajstić information content (AvgIpc) is 2.54. The first-order chi connectivity index (χ1) is 10.2. The van der Waals surface area contributed by atoms with Crippen molar-refractivity contribution >= 4 is 32.8 Å². The predicted molar refractivity (Wildman–Crippen MR) is 96.6 cm³/mol. The number of benzene rings is 3. The Labute approximate surface area is 134 Å². The molecule has 0 heterocycles. The summed E-state index contributed by atoms with van der Waals surface area (Å²) in [5, 5.41) is 2.53. The van der Waals surface area contributed by atoms with E-state index in [0.29, 0.717) is 0 Å². The first-order valence-electron chi connectivity index (χ1n) is 7.17. The smallest absolute Gasteiger partial charge is 0.0253 e. The number of fused-ring (bicyclic) bond motifs is 1. The zero-order chi connectivity index (χ0) is 14.8. The van der Waals surface area contributed by atoms with Crippen molar-refractivity contribution in [2.45, 2.75) is 13.3 Å². The second kappa shape index (κ2) is 5.87. The highest BCUT2D eigenvalue weighted by Gasteiger charge is 2.07. The van der Waals surface area contributed by atoms with Crippen LogP contribution in [-0.4, -0.2) is 0 Å². The second-order valence-electron chi connectivity index (χ2n) is 5.11.